The highest BCUT2D eigenvalue weighted by molar-refractivity contribution is 7.98. The zero-order valence-electron chi connectivity index (χ0n) is 12.4. The topological polar surface area (TPSA) is 32.6 Å². The lowest BCUT2D eigenvalue weighted by molar-refractivity contribution is 0.320. The van der Waals surface area contributed by atoms with Crippen molar-refractivity contribution in [3.8, 4) is 0 Å². The minimum Gasteiger partial charge on any atom is -0.410 e. The first-order chi connectivity index (χ1) is 10.8. The zero-order valence-corrected chi connectivity index (χ0v) is 13.2. The molecule has 0 heterocycles. The molecule has 0 unspecified atom stereocenters. The fourth-order valence-corrected chi connectivity index (χ4v) is 3.04. The van der Waals surface area contributed by atoms with Crippen molar-refractivity contribution in [1.29, 1.82) is 0 Å². The number of fused-ring (bicyclic) bond motifs is 1. The van der Waals surface area contributed by atoms with E-state index in [-0.39, 0.29) is 0 Å². The predicted molar refractivity (Wildman–Crippen MR) is 93.8 cm³/mol. The van der Waals surface area contributed by atoms with E-state index in [4.69, 9.17) is 0 Å². The molecule has 0 saturated carbocycles. The smallest absolute Gasteiger partial charge is 0.117 e. The Bertz CT molecular complexity index is 757. The molecule has 2 aromatic carbocycles. The van der Waals surface area contributed by atoms with Gasteiger partial charge in [0.1, 0.15) is 5.71 Å². The van der Waals surface area contributed by atoms with Crippen LogP contribution in [-0.4, -0.2) is 17.2 Å². The molecule has 22 heavy (non-hydrogen) atoms. The molecule has 1 aliphatic carbocycles. The summed E-state index contributed by atoms with van der Waals surface area (Å²) in [5.74, 6) is 0. The fourth-order valence-electron chi connectivity index (χ4n) is 2.63. The number of thioether (sulfide) groups is 1. The Hall–Kier alpha value is -2.26. The van der Waals surface area contributed by atoms with E-state index in [1.807, 2.05) is 54.8 Å². The third kappa shape index (κ3) is 2.85. The summed E-state index contributed by atoms with van der Waals surface area (Å²) in [6.45, 7) is 0. The monoisotopic (exact) mass is 307 g/mol. The van der Waals surface area contributed by atoms with Crippen molar-refractivity contribution >= 4 is 23.0 Å². The second-order valence-electron chi connectivity index (χ2n) is 5.05. The van der Waals surface area contributed by atoms with Gasteiger partial charge in [-0.2, -0.15) is 0 Å². The van der Waals surface area contributed by atoms with Crippen LogP contribution in [0.2, 0.25) is 0 Å². The number of nitrogens with zero attached hydrogens (tertiary/aromatic N) is 1. The van der Waals surface area contributed by atoms with Gasteiger partial charge in [0, 0.05) is 16.0 Å². The lowest BCUT2D eigenvalue weighted by Gasteiger charge is -2.13. The third-order valence-electron chi connectivity index (χ3n) is 3.76. The van der Waals surface area contributed by atoms with Crippen molar-refractivity contribution in [2.45, 2.75) is 11.3 Å². The molecule has 0 spiro atoms. The zero-order chi connectivity index (χ0) is 15.4. The summed E-state index contributed by atoms with van der Waals surface area (Å²) in [5, 5.41) is 13.2. The van der Waals surface area contributed by atoms with Crippen molar-refractivity contribution in [2.24, 2.45) is 5.16 Å². The summed E-state index contributed by atoms with van der Waals surface area (Å²) in [5.41, 5.74) is 4.82. The lowest BCUT2D eigenvalue weighted by Crippen LogP contribution is -2.06. The third-order valence-corrected chi connectivity index (χ3v) is 4.51. The van der Waals surface area contributed by atoms with Crippen LogP contribution in [0.25, 0.3) is 5.57 Å². The lowest BCUT2D eigenvalue weighted by atomic mass is 9.92. The van der Waals surface area contributed by atoms with E-state index in [0.29, 0.717) is 5.71 Å². The molecule has 0 aromatic heterocycles. The van der Waals surface area contributed by atoms with E-state index in [0.717, 1.165) is 23.1 Å². The van der Waals surface area contributed by atoms with Crippen LogP contribution in [0.15, 0.2) is 76.8 Å². The van der Waals surface area contributed by atoms with Crippen LogP contribution in [0, 0.1) is 0 Å². The van der Waals surface area contributed by atoms with Gasteiger partial charge in [-0.05, 0) is 35.9 Å². The molecule has 3 heteroatoms. The average molecular weight is 307 g/mol. The Kier molecular flexibility index (Phi) is 4.45. The first kappa shape index (κ1) is 14.7. The van der Waals surface area contributed by atoms with Crippen LogP contribution >= 0.6 is 11.8 Å². The molecule has 3 rings (SSSR count). The minimum absolute atomic E-state index is 0.603. The van der Waals surface area contributed by atoms with Crippen LogP contribution in [0.1, 0.15) is 16.7 Å². The number of benzene rings is 2. The molecule has 0 saturated heterocycles. The summed E-state index contributed by atoms with van der Waals surface area (Å²) >= 11 is 1.70. The molecule has 110 valence electrons. The maximum atomic E-state index is 9.59. The van der Waals surface area contributed by atoms with E-state index in [1.54, 1.807) is 11.8 Å². The number of allylic oxidation sites excluding steroid dienone is 4. The number of hydrogen-bond acceptors (Lipinski definition) is 3. The number of hydrogen-bond donors (Lipinski definition) is 1. The molecular formula is C19H17NOS. The van der Waals surface area contributed by atoms with Gasteiger partial charge in [-0.1, -0.05) is 59.8 Å². The van der Waals surface area contributed by atoms with Gasteiger partial charge < -0.3 is 5.21 Å². The summed E-state index contributed by atoms with van der Waals surface area (Å²) in [7, 11) is 0. The summed E-state index contributed by atoms with van der Waals surface area (Å²) in [6, 6.07) is 16.3. The molecule has 0 radical (unpaired) electrons. The molecule has 1 N–H and O–H groups in total. The van der Waals surface area contributed by atoms with Crippen molar-refractivity contribution in [2.75, 3.05) is 6.26 Å². The Balaban J connectivity index is 2.07. The van der Waals surface area contributed by atoms with E-state index in [2.05, 4.69) is 23.4 Å². The maximum Gasteiger partial charge on any atom is 0.117 e. The first-order valence-corrected chi connectivity index (χ1v) is 8.38. The van der Waals surface area contributed by atoms with E-state index < -0.39 is 0 Å². The predicted octanol–water partition coefficient (Wildman–Crippen LogP) is 4.78. The molecule has 0 amide bonds. The summed E-state index contributed by atoms with van der Waals surface area (Å²) in [4.78, 5) is 1.19. The van der Waals surface area contributed by atoms with Crippen LogP contribution in [0.5, 0.6) is 0 Å². The number of oxime groups is 1. The van der Waals surface area contributed by atoms with E-state index in [1.165, 1.54) is 10.5 Å². The van der Waals surface area contributed by atoms with Gasteiger partial charge >= 0.3 is 0 Å². The molecule has 2 nitrogen and oxygen atoms in total. The van der Waals surface area contributed by atoms with Crippen molar-refractivity contribution in [3.05, 3.63) is 83.4 Å². The second kappa shape index (κ2) is 6.67. The van der Waals surface area contributed by atoms with Gasteiger partial charge in [0.25, 0.3) is 0 Å². The summed E-state index contributed by atoms with van der Waals surface area (Å²) in [6.07, 6.45) is 9.10. The standard InChI is InChI=1S/C19H17NOS/c1-22-16-12-10-15(11-13-16)19(20-21)18-9-5-3-7-14-6-2-4-8-17(14)18/h2-6,8-13,21H,7H2,1H3/b20-19-. The highest BCUT2D eigenvalue weighted by atomic mass is 32.2. The fraction of sp³-hybridized carbons (Fsp3) is 0.105. The molecule has 0 aliphatic heterocycles. The Morgan fingerprint density at radius 3 is 2.59 bits per heavy atom. The van der Waals surface area contributed by atoms with Crippen molar-refractivity contribution in [3.63, 3.8) is 0 Å². The average Bonchev–Trinajstić information content (AvgIpc) is 2.79. The van der Waals surface area contributed by atoms with Crippen molar-refractivity contribution in [1.82, 2.24) is 0 Å². The minimum atomic E-state index is 0.603. The molecule has 1 aliphatic rings. The Morgan fingerprint density at radius 2 is 1.86 bits per heavy atom. The van der Waals surface area contributed by atoms with E-state index >= 15 is 0 Å². The van der Waals surface area contributed by atoms with Crippen LogP contribution in [-0.2, 0) is 6.42 Å². The molecular weight excluding hydrogens is 290 g/mol. The molecule has 0 bridgehead atoms. The van der Waals surface area contributed by atoms with Crippen LogP contribution in [0.4, 0.5) is 0 Å². The van der Waals surface area contributed by atoms with Gasteiger partial charge in [-0.3, -0.25) is 0 Å². The Labute approximate surface area is 134 Å². The molecule has 2 aromatic rings. The second-order valence-corrected chi connectivity index (χ2v) is 5.93. The van der Waals surface area contributed by atoms with Crippen molar-refractivity contribution < 1.29 is 5.21 Å². The van der Waals surface area contributed by atoms with Gasteiger partial charge in [0.05, 0.1) is 0 Å². The summed E-state index contributed by atoms with van der Waals surface area (Å²) < 4.78 is 0. The van der Waals surface area contributed by atoms with Crippen LogP contribution < -0.4 is 0 Å². The van der Waals surface area contributed by atoms with Crippen LogP contribution in [0.3, 0.4) is 0 Å². The SMILES string of the molecule is CSc1ccc(/C(=N/O)C2=CC=CCc3ccccc32)cc1. The van der Waals surface area contributed by atoms with Gasteiger partial charge in [-0.15, -0.1) is 11.8 Å². The van der Waals surface area contributed by atoms with E-state index in [9.17, 15) is 5.21 Å². The van der Waals surface area contributed by atoms with Gasteiger partial charge in [0.2, 0.25) is 0 Å². The highest BCUT2D eigenvalue weighted by Crippen LogP contribution is 2.27. The van der Waals surface area contributed by atoms with Gasteiger partial charge in [-0.25, -0.2) is 0 Å². The number of rotatable bonds is 3. The maximum absolute atomic E-state index is 9.59. The molecule has 0 fully saturated rings. The Morgan fingerprint density at radius 1 is 1.09 bits per heavy atom. The quantitative estimate of drug-likeness (QED) is 0.383. The first-order valence-electron chi connectivity index (χ1n) is 7.15. The molecule has 0 atom stereocenters. The largest absolute Gasteiger partial charge is 0.410 e. The normalized spacial score (nSPS) is 14.2. The van der Waals surface area contributed by atoms with Gasteiger partial charge in [0.15, 0.2) is 0 Å². The highest BCUT2D eigenvalue weighted by Gasteiger charge is 2.16.